The van der Waals surface area contributed by atoms with E-state index >= 15 is 0 Å². The van der Waals surface area contributed by atoms with Crippen molar-refractivity contribution < 1.29 is 4.39 Å². The van der Waals surface area contributed by atoms with E-state index in [1.807, 2.05) is 6.07 Å². The SMILES string of the molecule is Fc1c(CC2CCNCC2)ccc2c1CCCC2. The van der Waals surface area contributed by atoms with E-state index in [1.54, 1.807) is 0 Å². The van der Waals surface area contributed by atoms with Crippen molar-refractivity contribution in [3.8, 4) is 0 Å². The highest BCUT2D eigenvalue weighted by Gasteiger charge is 2.20. The van der Waals surface area contributed by atoms with Crippen molar-refractivity contribution in [2.24, 2.45) is 5.92 Å². The van der Waals surface area contributed by atoms with Gasteiger partial charge in [-0.2, -0.15) is 0 Å². The molecule has 1 nitrogen and oxygen atoms in total. The van der Waals surface area contributed by atoms with Crippen molar-refractivity contribution in [1.29, 1.82) is 0 Å². The summed E-state index contributed by atoms with van der Waals surface area (Å²) in [5.74, 6) is 0.785. The molecule has 1 aliphatic heterocycles. The molecule has 0 bridgehead atoms. The molecule has 0 radical (unpaired) electrons. The first-order valence-corrected chi connectivity index (χ1v) is 7.34. The van der Waals surface area contributed by atoms with Crippen LogP contribution in [-0.4, -0.2) is 13.1 Å². The van der Waals surface area contributed by atoms with Gasteiger partial charge in [0.15, 0.2) is 0 Å². The van der Waals surface area contributed by atoms with Gasteiger partial charge in [-0.25, -0.2) is 4.39 Å². The molecular formula is C16H22FN. The number of piperidine rings is 1. The Kier molecular flexibility index (Phi) is 3.64. The molecule has 0 aromatic heterocycles. The second-order valence-electron chi connectivity index (χ2n) is 5.78. The Hall–Kier alpha value is -0.890. The standard InChI is InChI=1S/C16H22FN/c17-16-14(11-12-7-9-18-10-8-12)6-5-13-3-1-2-4-15(13)16/h5-6,12,18H,1-4,7-11H2. The Labute approximate surface area is 109 Å². The molecule has 0 saturated carbocycles. The molecular weight excluding hydrogens is 225 g/mol. The molecule has 2 aliphatic rings. The summed E-state index contributed by atoms with van der Waals surface area (Å²) in [6.45, 7) is 2.19. The molecule has 1 heterocycles. The third-order valence-corrected chi connectivity index (χ3v) is 4.51. The number of aryl methyl sites for hydroxylation is 1. The number of rotatable bonds is 2. The Bertz CT molecular complexity index is 421. The molecule has 1 N–H and O–H groups in total. The monoisotopic (exact) mass is 247 g/mol. The molecule has 0 unspecified atom stereocenters. The predicted octanol–water partition coefficient (Wildman–Crippen LogP) is 3.25. The fraction of sp³-hybridized carbons (Fsp3) is 0.625. The van der Waals surface area contributed by atoms with Crippen molar-refractivity contribution in [3.05, 3.63) is 34.6 Å². The minimum atomic E-state index is 0.116. The molecule has 2 heteroatoms. The number of hydrogen-bond acceptors (Lipinski definition) is 1. The maximum atomic E-state index is 14.5. The lowest BCUT2D eigenvalue weighted by Crippen LogP contribution is -2.29. The van der Waals surface area contributed by atoms with Gasteiger partial charge in [0.2, 0.25) is 0 Å². The number of hydrogen-bond donors (Lipinski definition) is 1. The van der Waals surface area contributed by atoms with Gasteiger partial charge in [-0.15, -0.1) is 0 Å². The zero-order chi connectivity index (χ0) is 12.4. The van der Waals surface area contributed by atoms with Crippen molar-refractivity contribution >= 4 is 0 Å². The molecule has 3 rings (SSSR count). The van der Waals surface area contributed by atoms with Crippen molar-refractivity contribution in [1.82, 2.24) is 5.32 Å². The quantitative estimate of drug-likeness (QED) is 0.846. The third-order valence-electron chi connectivity index (χ3n) is 4.51. The average Bonchev–Trinajstić information content (AvgIpc) is 2.43. The van der Waals surface area contributed by atoms with Crippen LogP contribution in [0, 0.1) is 11.7 Å². The van der Waals surface area contributed by atoms with Crippen LogP contribution in [0.15, 0.2) is 12.1 Å². The zero-order valence-corrected chi connectivity index (χ0v) is 11.0. The minimum absolute atomic E-state index is 0.116. The van der Waals surface area contributed by atoms with Gasteiger partial charge in [0.05, 0.1) is 0 Å². The van der Waals surface area contributed by atoms with Crippen LogP contribution in [-0.2, 0) is 19.3 Å². The smallest absolute Gasteiger partial charge is 0.129 e. The first-order chi connectivity index (χ1) is 8.84. The van der Waals surface area contributed by atoms with E-state index in [-0.39, 0.29) is 5.82 Å². The largest absolute Gasteiger partial charge is 0.317 e. The predicted molar refractivity (Wildman–Crippen MR) is 72.3 cm³/mol. The molecule has 1 aliphatic carbocycles. The lowest BCUT2D eigenvalue weighted by molar-refractivity contribution is 0.368. The second kappa shape index (κ2) is 5.40. The van der Waals surface area contributed by atoms with E-state index in [1.165, 1.54) is 24.8 Å². The molecule has 18 heavy (non-hydrogen) atoms. The van der Waals surface area contributed by atoms with E-state index in [0.29, 0.717) is 5.92 Å². The van der Waals surface area contributed by atoms with Crippen LogP contribution in [0.1, 0.15) is 42.4 Å². The first kappa shape index (κ1) is 12.2. The normalized spacial score (nSPS) is 20.7. The van der Waals surface area contributed by atoms with Crippen LogP contribution in [0.2, 0.25) is 0 Å². The topological polar surface area (TPSA) is 12.0 Å². The highest BCUT2D eigenvalue weighted by molar-refractivity contribution is 5.35. The highest BCUT2D eigenvalue weighted by Crippen LogP contribution is 2.28. The molecule has 1 saturated heterocycles. The van der Waals surface area contributed by atoms with Gasteiger partial charge in [-0.3, -0.25) is 0 Å². The fourth-order valence-electron chi connectivity index (χ4n) is 3.39. The Balaban J connectivity index is 1.79. The van der Waals surface area contributed by atoms with Crippen LogP contribution in [0.3, 0.4) is 0 Å². The summed E-state index contributed by atoms with van der Waals surface area (Å²) in [6, 6.07) is 4.22. The lowest BCUT2D eigenvalue weighted by atomic mass is 9.86. The Morgan fingerprint density at radius 1 is 1.11 bits per heavy atom. The number of halogens is 1. The van der Waals surface area contributed by atoms with Crippen LogP contribution in [0.4, 0.5) is 4.39 Å². The van der Waals surface area contributed by atoms with E-state index in [0.717, 1.165) is 49.9 Å². The van der Waals surface area contributed by atoms with Gasteiger partial charge in [0, 0.05) is 0 Å². The molecule has 0 amide bonds. The van der Waals surface area contributed by atoms with E-state index in [9.17, 15) is 4.39 Å². The molecule has 0 atom stereocenters. The first-order valence-electron chi connectivity index (χ1n) is 7.34. The van der Waals surface area contributed by atoms with Crippen molar-refractivity contribution in [3.63, 3.8) is 0 Å². The van der Waals surface area contributed by atoms with Crippen molar-refractivity contribution in [2.75, 3.05) is 13.1 Å². The summed E-state index contributed by atoms with van der Waals surface area (Å²) in [4.78, 5) is 0. The molecule has 98 valence electrons. The summed E-state index contributed by atoms with van der Waals surface area (Å²) in [5, 5.41) is 3.37. The Morgan fingerprint density at radius 2 is 1.89 bits per heavy atom. The van der Waals surface area contributed by atoms with Gasteiger partial charge in [-0.1, -0.05) is 12.1 Å². The van der Waals surface area contributed by atoms with Crippen molar-refractivity contribution in [2.45, 2.75) is 44.9 Å². The van der Waals surface area contributed by atoms with Crippen LogP contribution >= 0.6 is 0 Å². The van der Waals surface area contributed by atoms with Gasteiger partial charge in [-0.05, 0) is 80.6 Å². The molecule has 1 aromatic rings. The van der Waals surface area contributed by atoms with Gasteiger partial charge >= 0.3 is 0 Å². The molecule has 1 aromatic carbocycles. The minimum Gasteiger partial charge on any atom is -0.317 e. The summed E-state index contributed by atoms with van der Waals surface area (Å²) in [5.41, 5.74) is 3.24. The van der Waals surface area contributed by atoms with E-state index in [4.69, 9.17) is 0 Å². The van der Waals surface area contributed by atoms with Crippen LogP contribution < -0.4 is 5.32 Å². The van der Waals surface area contributed by atoms with Gasteiger partial charge < -0.3 is 5.32 Å². The maximum Gasteiger partial charge on any atom is 0.129 e. The fourth-order valence-corrected chi connectivity index (χ4v) is 3.39. The summed E-state index contributed by atoms with van der Waals surface area (Å²) in [7, 11) is 0. The van der Waals surface area contributed by atoms with Crippen LogP contribution in [0.5, 0.6) is 0 Å². The summed E-state index contributed by atoms with van der Waals surface area (Å²) < 4.78 is 14.5. The maximum absolute atomic E-state index is 14.5. The van der Waals surface area contributed by atoms with E-state index < -0.39 is 0 Å². The number of fused-ring (bicyclic) bond motifs is 1. The molecule has 0 spiro atoms. The van der Waals surface area contributed by atoms with Gasteiger partial charge in [0.1, 0.15) is 5.82 Å². The second-order valence-corrected chi connectivity index (χ2v) is 5.78. The third kappa shape index (κ3) is 2.44. The lowest BCUT2D eigenvalue weighted by Gasteiger charge is -2.24. The summed E-state index contributed by atoms with van der Waals surface area (Å²) >= 11 is 0. The Morgan fingerprint density at radius 3 is 2.72 bits per heavy atom. The number of nitrogens with one attached hydrogen (secondary N) is 1. The average molecular weight is 247 g/mol. The molecule has 1 fully saturated rings. The van der Waals surface area contributed by atoms with Crippen LogP contribution in [0.25, 0.3) is 0 Å². The van der Waals surface area contributed by atoms with Gasteiger partial charge in [0.25, 0.3) is 0 Å². The van der Waals surface area contributed by atoms with E-state index in [2.05, 4.69) is 11.4 Å². The zero-order valence-electron chi connectivity index (χ0n) is 11.0. The highest BCUT2D eigenvalue weighted by atomic mass is 19.1. The summed E-state index contributed by atoms with van der Waals surface area (Å²) in [6.07, 6.45) is 7.70. The number of benzene rings is 1.